The van der Waals surface area contributed by atoms with Gasteiger partial charge in [-0.25, -0.2) is 9.97 Å². The van der Waals surface area contributed by atoms with Crippen molar-refractivity contribution in [2.75, 3.05) is 23.3 Å². The molecular weight excluding hydrogens is 288 g/mol. The number of hydrogen-bond donors (Lipinski definition) is 1. The van der Waals surface area contributed by atoms with Crippen LogP contribution in [-0.2, 0) is 4.79 Å². The summed E-state index contributed by atoms with van der Waals surface area (Å²) in [5.74, 6) is 1.46. The summed E-state index contributed by atoms with van der Waals surface area (Å²) in [5.41, 5.74) is 2.98. The van der Waals surface area contributed by atoms with Gasteiger partial charge in [0.05, 0.1) is 5.52 Å². The Balaban J connectivity index is 2.02. The van der Waals surface area contributed by atoms with Crippen LogP contribution in [0.3, 0.4) is 0 Å². The van der Waals surface area contributed by atoms with E-state index in [1.54, 1.807) is 0 Å². The summed E-state index contributed by atoms with van der Waals surface area (Å²) in [6.45, 7) is 9.32. The molecule has 1 aliphatic heterocycles. The Kier molecular flexibility index (Phi) is 4.10. The highest BCUT2D eigenvalue weighted by molar-refractivity contribution is 6.01. The highest BCUT2D eigenvalue weighted by atomic mass is 16.1. The molecule has 0 spiro atoms. The molecule has 1 aromatic heterocycles. The number of benzene rings is 1. The summed E-state index contributed by atoms with van der Waals surface area (Å²) in [7, 11) is 0. The molecule has 118 valence electrons. The first-order chi connectivity index (χ1) is 11.1. The van der Waals surface area contributed by atoms with Gasteiger partial charge in [0, 0.05) is 24.2 Å². The topological polar surface area (TPSA) is 58.1 Å². The SMILES string of the molecule is C=CC(=O)Nc1ccc2c(N3CC/C(=C/C)C3)nc(C)nc2c1. The Bertz CT molecular complexity index is 810. The maximum atomic E-state index is 11.5. The van der Waals surface area contributed by atoms with Crippen molar-refractivity contribution in [3.8, 4) is 0 Å². The molecule has 2 aromatic rings. The Morgan fingerprint density at radius 1 is 1.39 bits per heavy atom. The van der Waals surface area contributed by atoms with E-state index in [4.69, 9.17) is 0 Å². The van der Waals surface area contributed by atoms with E-state index in [9.17, 15) is 4.79 Å². The number of rotatable bonds is 3. The number of carbonyl (C=O) groups is 1. The molecule has 0 atom stereocenters. The molecule has 1 fully saturated rings. The minimum Gasteiger partial charge on any atom is -0.352 e. The molecule has 0 aliphatic carbocycles. The van der Waals surface area contributed by atoms with Crippen molar-refractivity contribution >= 4 is 28.3 Å². The first-order valence-electron chi connectivity index (χ1n) is 7.71. The van der Waals surface area contributed by atoms with Gasteiger partial charge in [-0.2, -0.15) is 0 Å². The van der Waals surface area contributed by atoms with Crippen LogP contribution >= 0.6 is 0 Å². The van der Waals surface area contributed by atoms with Gasteiger partial charge in [-0.1, -0.05) is 18.2 Å². The second-order valence-corrected chi connectivity index (χ2v) is 5.64. The molecule has 0 saturated carbocycles. The molecule has 5 nitrogen and oxygen atoms in total. The van der Waals surface area contributed by atoms with E-state index in [-0.39, 0.29) is 5.91 Å². The van der Waals surface area contributed by atoms with Crippen molar-refractivity contribution in [2.24, 2.45) is 0 Å². The number of allylic oxidation sites excluding steroid dienone is 1. The fraction of sp³-hybridized carbons (Fsp3) is 0.278. The number of aromatic nitrogens is 2. The monoisotopic (exact) mass is 308 g/mol. The summed E-state index contributed by atoms with van der Waals surface area (Å²) in [5, 5.41) is 3.77. The van der Waals surface area contributed by atoms with Crippen molar-refractivity contribution in [3.05, 3.63) is 48.3 Å². The van der Waals surface area contributed by atoms with E-state index in [0.29, 0.717) is 5.69 Å². The predicted molar refractivity (Wildman–Crippen MR) is 93.7 cm³/mol. The molecule has 1 N–H and O–H groups in total. The Morgan fingerprint density at radius 3 is 2.91 bits per heavy atom. The van der Waals surface area contributed by atoms with E-state index in [2.05, 4.69) is 39.8 Å². The standard InChI is InChI=1S/C18H20N4O/c1-4-13-8-9-22(11-13)18-15-7-6-14(21-17(23)5-2)10-16(15)19-12(3)20-18/h4-7,10H,2,8-9,11H2,1,3H3,(H,21,23)/b13-4-. The normalized spacial score (nSPS) is 16.1. The average molecular weight is 308 g/mol. The molecule has 2 heterocycles. The van der Waals surface area contributed by atoms with Gasteiger partial charge >= 0.3 is 0 Å². The summed E-state index contributed by atoms with van der Waals surface area (Å²) >= 11 is 0. The van der Waals surface area contributed by atoms with Crippen LogP contribution in [0, 0.1) is 6.92 Å². The van der Waals surface area contributed by atoms with Gasteiger partial charge < -0.3 is 10.2 Å². The lowest BCUT2D eigenvalue weighted by atomic mass is 10.2. The van der Waals surface area contributed by atoms with Crippen LogP contribution in [0.5, 0.6) is 0 Å². The number of fused-ring (bicyclic) bond motifs is 1. The maximum Gasteiger partial charge on any atom is 0.247 e. The Hall–Kier alpha value is -2.69. The van der Waals surface area contributed by atoms with Crippen LogP contribution in [0.4, 0.5) is 11.5 Å². The van der Waals surface area contributed by atoms with Crippen molar-refractivity contribution in [1.29, 1.82) is 0 Å². The summed E-state index contributed by atoms with van der Waals surface area (Å²) in [6.07, 6.45) is 4.51. The average Bonchev–Trinajstić information content (AvgIpc) is 3.02. The highest BCUT2D eigenvalue weighted by Crippen LogP contribution is 2.30. The van der Waals surface area contributed by atoms with Crippen molar-refractivity contribution in [1.82, 2.24) is 9.97 Å². The fourth-order valence-corrected chi connectivity index (χ4v) is 2.84. The number of carbonyl (C=O) groups excluding carboxylic acids is 1. The summed E-state index contributed by atoms with van der Waals surface area (Å²) in [4.78, 5) is 22.9. The number of nitrogens with zero attached hydrogens (tertiary/aromatic N) is 3. The van der Waals surface area contributed by atoms with Crippen molar-refractivity contribution in [2.45, 2.75) is 20.3 Å². The van der Waals surface area contributed by atoms with Gasteiger partial charge in [-0.15, -0.1) is 0 Å². The smallest absolute Gasteiger partial charge is 0.247 e. The van der Waals surface area contributed by atoms with Gasteiger partial charge in [-0.3, -0.25) is 4.79 Å². The number of anilines is 2. The molecule has 5 heteroatoms. The fourth-order valence-electron chi connectivity index (χ4n) is 2.84. The minimum absolute atomic E-state index is 0.229. The Morgan fingerprint density at radius 2 is 2.22 bits per heavy atom. The third-order valence-corrected chi connectivity index (χ3v) is 4.05. The molecule has 23 heavy (non-hydrogen) atoms. The van der Waals surface area contributed by atoms with Crippen LogP contribution in [-0.4, -0.2) is 29.0 Å². The molecule has 0 bridgehead atoms. The number of amides is 1. The summed E-state index contributed by atoms with van der Waals surface area (Å²) < 4.78 is 0. The van der Waals surface area contributed by atoms with Gasteiger partial charge in [0.25, 0.3) is 0 Å². The lowest BCUT2D eigenvalue weighted by molar-refractivity contribution is -0.111. The molecular formula is C18H20N4O. The van der Waals surface area contributed by atoms with Crippen LogP contribution < -0.4 is 10.2 Å². The van der Waals surface area contributed by atoms with Gasteiger partial charge in [0.15, 0.2) is 0 Å². The molecule has 0 unspecified atom stereocenters. The van der Waals surface area contributed by atoms with Gasteiger partial charge in [-0.05, 0) is 44.5 Å². The molecule has 3 rings (SSSR count). The number of nitrogens with one attached hydrogen (secondary N) is 1. The molecule has 1 saturated heterocycles. The second-order valence-electron chi connectivity index (χ2n) is 5.64. The van der Waals surface area contributed by atoms with Gasteiger partial charge in [0.2, 0.25) is 5.91 Å². The van der Waals surface area contributed by atoms with Crippen LogP contribution in [0.2, 0.25) is 0 Å². The largest absolute Gasteiger partial charge is 0.352 e. The highest BCUT2D eigenvalue weighted by Gasteiger charge is 2.20. The zero-order valence-corrected chi connectivity index (χ0v) is 13.5. The van der Waals surface area contributed by atoms with Crippen molar-refractivity contribution in [3.63, 3.8) is 0 Å². The molecule has 0 radical (unpaired) electrons. The van der Waals surface area contributed by atoms with Crippen molar-refractivity contribution < 1.29 is 4.79 Å². The van der Waals surface area contributed by atoms with Crippen LogP contribution in [0.15, 0.2) is 42.5 Å². The zero-order valence-electron chi connectivity index (χ0n) is 13.5. The first-order valence-corrected chi connectivity index (χ1v) is 7.71. The third-order valence-electron chi connectivity index (χ3n) is 4.05. The van der Waals surface area contributed by atoms with E-state index in [1.807, 2.05) is 25.1 Å². The van der Waals surface area contributed by atoms with E-state index < -0.39 is 0 Å². The van der Waals surface area contributed by atoms with E-state index in [1.165, 1.54) is 11.6 Å². The van der Waals surface area contributed by atoms with Gasteiger partial charge in [0.1, 0.15) is 11.6 Å². The minimum atomic E-state index is -0.229. The Labute approximate surface area is 135 Å². The third kappa shape index (κ3) is 3.08. The quantitative estimate of drug-likeness (QED) is 0.698. The lowest BCUT2D eigenvalue weighted by Crippen LogP contribution is -2.20. The lowest BCUT2D eigenvalue weighted by Gasteiger charge is -2.19. The first kappa shape index (κ1) is 15.2. The zero-order chi connectivity index (χ0) is 16.4. The maximum absolute atomic E-state index is 11.5. The van der Waals surface area contributed by atoms with Crippen LogP contribution in [0.1, 0.15) is 19.2 Å². The summed E-state index contributed by atoms with van der Waals surface area (Å²) in [6, 6.07) is 5.72. The molecule has 1 amide bonds. The molecule has 1 aromatic carbocycles. The second kappa shape index (κ2) is 6.20. The molecule has 1 aliphatic rings. The number of hydrogen-bond acceptors (Lipinski definition) is 4. The number of aryl methyl sites for hydroxylation is 1. The van der Waals surface area contributed by atoms with E-state index >= 15 is 0 Å². The predicted octanol–water partition coefficient (Wildman–Crippen LogP) is 3.22. The van der Waals surface area contributed by atoms with Crippen LogP contribution in [0.25, 0.3) is 10.9 Å². The van der Waals surface area contributed by atoms with E-state index in [0.717, 1.165) is 42.1 Å².